The third-order valence-corrected chi connectivity index (χ3v) is 4.52. The number of aliphatic carboxylic acids is 1. The molecule has 2 rings (SSSR count). The molecule has 1 N–H and O–H groups in total. The van der Waals surface area contributed by atoms with Crippen LogP contribution in [-0.4, -0.2) is 61.1 Å². The lowest BCUT2D eigenvalue weighted by Crippen LogP contribution is -2.44. The number of anilines is 1. The van der Waals surface area contributed by atoms with Crippen LogP contribution in [-0.2, 0) is 19.1 Å². The Labute approximate surface area is 148 Å². The van der Waals surface area contributed by atoms with Gasteiger partial charge in [0.2, 0.25) is 11.8 Å². The molecule has 130 valence electrons. The number of carboxylic acid groups (broad SMARTS) is 1. The van der Waals surface area contributed by atoms with Crippen LogP contribution in [0.25, 0.3) is 0 Å². The summed E-state index contributed by atoms with van der Waals surface area (Å²) in [7, 11) is 1.47. The lowest BCUT2D eigenvalue weighted by Gasteiger charge is -2.23. The maximum atomic E-state index is 12.6. The number of ether oxygens (including phenoxy) is 1. The molecule has 7 nitrogen and oxygen atoms in total. The number of carbonyl (C=O) groups is 3. The summed E-state index contributed by atoms with van der Waals surface area (Å²) in [6.07, 6.45) is 0.363. The van der Waals surface area contributed by atoms with Crippen molar-refractivity contribution in [3.05, 3.63) is 28.7 Å². The summed E-state index contributed by atoms with van der Waals surface area (Å²) < 4.78 is 5.68. The first kappa shape index (κ1) is 18.4. The molecule has 1 atom stereocenters. The van der Waals surface area contributed by atoms with Gasteiger partial charge < -0.3 is 19.6 Å². The third-order valence-electron chi connectivity index (χ3n) is 3.85. The van der Waals surface area contributed by atoms with Crippen molar-refractivity contribution in [3.63, 3.8) is 0 Å². The minimum absolute atomic E-state index is 0.139. The Bertz CT molecular complexity index is 637. The molecule has 1 aromatic carbocycles. The average Bonchev–Trinajstić information content (AvgIpc) is 2.92. The third kappa shape index (κ3) is 4.12. The van der Waals surface area contributed by atoms with Crippen molar-refractivity contribution < 1.29 is 24.2 Å². The van der Waals surface area contributed by atoms with Crippen LogP contribution in [0.4, 0.5) is 5.69 Å². The molecule has 0 aromatic heterocycles. The molecule has 1 aromatic rings. The van der Waals surface area contributed by atoms with E-state index in [9.17, 15) is 14.4 Å². The number of carboxylic acids is 1. The topological polar surface area (TPSA) is 87.2 Å². The van der Waals surface area contributed by atoms with Crippen molar-refractivity contribution >= 4 is 39.4 Å². The van der Waals surface area contributed by atoms with E-state index in [4.69, 9.17) is 9.84 Å². The molecule has 0 radical (unpaired) electrons. The SMILES string of the molecule is COCCN(CC(=O)O)C(=O)C1CCN(c2ccccc2Br)C1=O. The van der Waals surface area contributed by atoms with E-state index >= 15 is 0 Å². The molecule has 1 fully saturated rings. The predicted octanol–water partition coefficient (Wildman–Crippen LogP) is 1.36. The molecule has 1 aliphatic heterocycles. The van der Waals surface area contributed by atoms with Gasteiger partial charge in [-0.3, -0.25) is 14.4 Å². The van der Waals surface area contributed by atoms with Gasteiger partial charge >= 0.3 is 5.97 Å². The molecular weight excluding hydrogens is 380 g/mol. The molecule has 24 heavy (non-hydrogen) atoms. The van der Waals surface area contributed by atoms with Crippen molar-refractivity contribution in [2.24, 2.45) is 5.92 Å². The van der Waals surface area contributed by atoms with Crippen LogP contribution in [0.2, 0.25) is 0 Å². The van der Waals surface area contributed by atoms with Gasteiger partial charge in [-0.05, 0) is 34.5 Å². The van der Waals surface area contributed by atoms with Gasteiger partial charge in [0, 0.05) is 24.7 Å². The minimum Gasteiger partial charge on any atom is -0.480 e. The van der Waals surface area contributed by atoms with Gasteiger partial charge in [-0.25, -0.2) is 0 Å². The number of halogens is 1. The average molecular weight is 399 g/mol. The fourth-order valence-corrected chi connectivity index (χ4v) is 3.17. The Morgan fingerprint density at radius 2 is 2.12 bits per heavy atom. The summed E-state index contributed by atoms with van der Waals surface area (Å²) in [6.45, 7) is 0.332. The van der Waals surface area contributed by atoms with Crippen LogP contribution in [0.5, 0.6) is 0 Å². The first-order valence-corrected chi connectivity index (χ1v) is 8.30. The van der Waals surface area contributed by atoms with Crippen LogP contribution >= 0.6 is 15.9 Å². The molecule has 1 unspecified atom stereocenters. The number of para-hydroxylation sites is 1. The largest absolute Gasteiger partial charge is 0.480 e. The molecule has 0 spiro atoms. The Morgan fingerprint density at radius 1 is 1.42 bits per heavy atom. The Morgan fingerprint density at radius 3 is 2.75 bits per heavy atom. The second-order valence-corrected chi connectivity index (χ2v) is 6.28. The highest BCUT2D eigenvalue weighted by Gasteiger charge is 2.40. The van der Waals surface area contributed by atoms with Crippen LogP contribution in [0.3, 0.4) is 0 Å². The highest BCUT2D eigenvalue weighted by molar-refractivity contribution is 9.10. The summed E-state index contributed by atoms with van der Waals surface area (Å²) >= 11 is 3.40. The van der Waals surface area contributed by atoms with Gasteiger partial charge in [0.25, 0.3) is 0 Å². The molecule has 0 saturated carbocycles. The number of benzene rings is 1. The first-order valence-electron chi connectivity index (χ1n) is 7.51. The second kappa shape index (κ2) is 8.25. The first-order chi connectivity index (χ1) is 11.5. The molecule has 1 saturated heterocycles. The summed E-state index contributed by atoms with van der Waals surface area (Å²) in [5.41, 5.74) is 0.708. The zero-order valence-electron chi connectivity index (χ0n) is 13.3. The van der Waals surface area contributed by atoms with Crippen LogP contribution in [0, 0.1) is 5.92 Å². The van der Waals surface area contributed by atoms with Gasteiger partial charge in [0.15, 0.2) is 0 Å². The van der Waals surface area contributed by atoms with Gasteiger partial charge in [0.05, 0.1) is 12.3 Å². The van der Waals surface area contributed by atoms with Gasteiger partial charge in [0.1, 0.15) is 12.5 Å². The molecular formula is C16H19BrN2O5. The van der Waals surface area contributed by atoms with Crippen molar-refractivity contribution in [3.8, 4) is 0 Å². The monoisotopic (exact) mass is 398 g/mol. The highest BCUT2D eigenvalue weighted by atomic mass is 79.9. The lowest BCUT2D eigenvalue weighted by atomic mass is 10.1. The lowest BCUT2D eigenvalue weighted by molar-refractivity contribution is -0.148. The van der Waals surface area contributed by atoms with Crippen LogP contribution < -0.4 is 4.90 Å². The fraction of sp³-hybridized carbons (Fsp3) is 0.438. The Balaban J connectivity index is 2.14. The Kier molecular flexibility index (Phi) is 6.33. The van der Waals surface area contributed by atoms with E-state index in [0.29, 0.717) is 18.7 Å². The maximum absolute atomic E-state index is 12.6. The summed E-state index contributed by atoms with van der Waals surface area (Å²) in [4.78, 5) is 38.9. The van der Waals surface area contributed by atoms with Crippen molar-refractivity contribution in [1.82, 2.24) is 4.90 Å². The van der Waals surface area contributed by atoms with E-state index in [-0.39, 0.29) is 19.1 Å². The van der Waals surface area contributed by atoms with Crippen molar-refractivity contribution in [2.75, 3.05) is 38.3 Å². The maximum Gasteiger partial charge on any atom is 0.323 e. The van der Waals surface area contributed by atoms with Gasteiger partial charge in [-0.15, -0.1) is 0 Å². The van der Waals surface area contributed by atoms with E-state index in [1.165, 1.54) is 7.11 Å². The molecule has 0 bridgehead atoms. The van der Waals surface area contributed by atoms with E-state index in [0.717, 1.165) is 9.37 Å². The van der Waals surface area contributed by atoms with Crippen molar-refractivity contribution in [1.29, 1.82) is 0 Å². The fourth-order valence-electron chi connectivity index (χ4n) is 2.67. The van der Waals surface area contributed by atoms with Crippen molar-refractivity contribution in [2.45, 2.75) is 6.42 Å². The highest BCUT2D eigenvalue weighted by Crippen LogP contribution is 2.31. The number of rotatable bonds is 7. The summed E-state index contributed by atoms with van der Waals surface area (Å²) in [6, 6.07) is 7.29. The number of carbonyl (C=O) groups excluding carboxylic acids is 2. The molecule has 2 amide bonds. The van der Waals surface area contributed by atoms with E-state index in [1.54, 1.807) is 11.0 Å². The standard InChI is InChI=1S/C16H19BrN2O5/c1-24-9-8-18(10-14(20)21)15(22)11-6-7-19(16(11)23)13-5-3-2-4-12(13)17/h2-5,11H,6-10H2,1H3,(H,20,21). The van der Waals surface area contributed by atoms with Gasteiger partial charge in [-0.2, -0.15) is 0 Å². The summed E-state index contributed by atoms with van der Waals surface area (Å²) in [5, 5.41) is 8.97. The molecule has 0 aliphatic carbocycles. The molecule has 1 aliphatic rings. The van der Waals surface area contributed by atoms with E-state index in [1.807, 2.05) is 18.2 Å². The normalized spacial score (nSPS) is 17.2. The molecule has 8 heteroatoms. The number of hydrogen-bond donors (Lipinski definition) is 1. The number of hydrogen-bond acceptors (Lipinski definition) is 4. The smallest absolute Gasteiger partial charge is 0.323 e. The number of nitrogens with zero attached hydrogens (tertiary/aromatic N) is 2. The second-order valence-electron chi connectivity index (χ2n) is 5.43. The number of methoxy groups -OCH3 is 1. The quantitative estimate of drug-likeness (QED) is 0.700. The Hall–Kier alpha value is -1.93. The molecule has 1 heterocycles. The van der Waals surface area contributed by atoms with Crippen LogP contribution in [0.15, 0.2) is 28.7 Å². The zero-order valence-corrected chi connectivity index (χ0v) is 14.9. The van der Waals surface area contributed by atoms with E-state index in [2.05, 4.69) is 15.9 Å². The predicted molar refractivity (Wildman–Crippen MR) is 90.7 cm³/mol. The summed E-state index contributed by atoms with van der Waals surface area (Å²) in [5.74, 6) is -2.74. The minimum atomic E-state index is -1.12. The van der Waals surface area contributed by atoms with Gasteiger partial charge in [-0.1, -0.05) is 12.1 Å². The van der Waals surface area contributed by atoms with E-state index < -0.39 is 24.3 Å². The van der Waals surface area contributed by atoms with Crippen LogP contribution in [0.1, 0.15) is 6.42 Å². The number of amides is 2. The zero-order chi connectivity index (χ0) is 17.7.